The summed E-state index contributed by atoms with van der Waals surface area (Å²) in [6.45, 7) is 0. The molecule has 0 atom stereocenters. The lowest BCUT2D eigenvalue weighted by Gasteiger charge is -2.41. The van der Waals surface area contributed by atoms with Crippen LogP contribution in [0.2, 0.25) is 0 Å². The summed E-state index contributed by atoms with van der Waals surface area (Å²) in [5, 5.41) is 0. The van der Waals surface area contributed by atoms with E-state index in [0.29, 0.717) is 0 Å². The van der Waals surface area contributed by atoms with Gasteiger partial charge in [-0.1, -0.05) is 143 Å². The molecule has 0 saturated heterocycles. The van der Waals surface area contributed by atoms with E-state index < -0.39 is 0 Å². The maximum atomic E-state index is 2.46. The summed E-state index contributed by atoms with van der Waals surface area (Å²) in [6.07, 6.45) is 15.2. The summed E-state index contributed by atoms with van der Waals surface area (Å²) in [5.41, 5.74) is 5.81. The molecule has 32 heavy (non-hydrogen) atoms. The molecule has 0 aliphatic heterocycles. The summed E-state index contributed by atoms with van der Waals surface area (Å²) in [6, 6.07) is 32.4. The monoisotopic (exact) mass is 422 g/mol. The van der Waals surface area contributed by atoms with Gasteiger partial charge in [-0.15, -0.1) is 0 Å². The van der Waals surface area contributed by atoms with Gasteiger partial charge in [-0.3, -0.25) is 0 Å². The highest BCUT2D eigenvalue weighted by Crippen LogP contribution is 2.48. The molecule has 0 radical (unpaired) electrons. The van der Waals surface area contributed by atoms with Crippen LogP contribution in [0.25, 0.3) is 0 Å². The van der Waals surface area contributed by atoms with Crippen molar-refractivity contribution in [1.29, 1.82) is 0 Å². The van der Waals surface area contributed by atoms with E-state index in [1.807, 2.05) is 0 Å². The smallest absolute Gasteiger partial charge is 0.0454 e. The van der Waals surface area contributed by atoms with E-state index in [-0.39, 0.29) is 5.41 Å². The Bertz CT molecular complexity index is 902. The number of hydrogen-bond acceptors (Lipinski definition) is 0. The number of benzene rings is 3. The van der Waals surface area contributed by atoms with Crippen LogP contribution in [0.4, 0.5) is 0 Å². The molecule has 2 saturated carbocycles. The van der Waals surface area contributed by atoms with Gasteiger partial charge in [0.2, 0.25) is 0 Å². The van der Waals surface area contributed by atoms with Crippen molar-refractivity contribution in [2.24, 2.45) is 11.8 Å². The summed E-state index contributed by atoms with van der Waals surface area (Å²) in [4.78, 5) is 0. The Kier molecular flexibility index (Phi) is 6.77. The van der Waals surface area contributed by atoms with E-state index in [2.05, 4.69) is 84.9 Å². The zero-order chi connectivity index (χ0) is 21.6. The Labute approximate surface area is 195 Å². The average Bonchev–Trinajstić information content (AvgIpc) is 3.09. The first-order valence-corrected chi connectivity index (χ1v) is 13.0. The Morgan fingerprint density at radius 3 is 1.50 bits per heavy atom. The van der Waals surface area contributed by atoms with Crippen molar-refractivity contribution < 1.29 is 0 Å². The molecule has 0 heterocycles. The van der Waals surface area contributed by atoms with Gasteiger partial charge in [-0.2, -0.15) is 0 Å². The predicted octanol–water partition coefficient (Wildman–Crippen LogP) is 8.72. The fourth-order valence-corrected chi connectivity index (χ4v) is 6.26. The van der Waals surface area contributed by atoms with E-state index >= 15 is 0 Å². The molecule has 2 aliphatic rings. The lowest BCUT2D eigenvalue weighted by molar-refractivity contribution is 0.260. The quantitative estimate of drug-likeness (QED) is 0.264. The molecule has 0 bridgehead atoms. The van der Waals surface area contributed by atoms with Crippen molar-refractivity contribution in [3.05, 3.63) is 107 Å². The van der Waals surface area contributed by atoms with Crippen molar-refractivity contribution in [2.45, 2.75) is 76.0 Å². The second kappa shape index (κ2) is 10.1. The van der Waals surface area contributed by atoms with Crippen molar-refractivity contribution >= 4 is 0 Å². The minimum Gasteiger partial charge on any atom is -0.0622 e. The van der Waals surface area contributed by atoms with E-state index in [0.717, 1.165) is 11.8 Å². The Morgan fingerprint density at radius 1 is 0.500 bits per heavy atom. The zero-order valence-electron chi connectivity index (χ0n) is 19.5. The fraction of sp³-hybridized carbons (Fsp3) is 0.438. The molecule has 0 aromatic heterocycles. The van der Waals surface area contributed by atoms with Gasteiger partial charge in [0.05, 0.1) is 0 Å². The standard InChI is InChI=1S/C32H38/c1-2-6-13-26(12-5-1)24-27-20-22-31(23-21-27)32(25-28-14-11-15-28,29-16-7-3-8-17-29)30-18-9-4-10-19-30/h3-4,7-10,16-23,26,28H,1-2,5-6,11-15,24-25H2. The molecule has 0 N–H and O–H groups in total. The largest absolute Gasteiger partial charge is 0.0622 e. The van der Waals surface area contributed by atoms with Gasteiger partial charge >= 0.3 is 0 Å². The molecule has 3 aromatic carbocycles. The Balaban J connectivity index is 1.52. The molecular formula is C32H38. The van der Waals surface area contributed by atoms with Gasteiger partial charge in [-0.05, 0) is 46.9 Å². The molecule has 2 fully saturated rings. The normalized spacial score (nSPS) is 18.1. The van der Waals surface area contributed by atoms with Crippen LogP contribution in [0.1, 0.15) is 86.5 Å². The first kappa shape index (κ1) is 21.5. The number of hydrogen-bond donors (Lipinski definition) is 0. The van der Waals surface area contributed by atoms with Crippen LogP contribution in [0.15, 0.2) is 84.9 Å². The fourth-order valence-electron chi connectivity index (χ4n) is 6.26. The first-order chi connectivity index (χ1) is 15.8. The highest BCUT2D eigenvalue weighted by atomic mass is 14.4. The predicted molar refractivity (Wildman–Crippen MR) is 136 cm³/mol. The van der Waals surface area contributed by atoms with Crippen LogP contribution in [-0.2, 0) is 11.8 Å². The molecule has 166 valence electrons. The third kappa shape index (κ3) is 4.56. The van der Waals surface area contributed by atoms with Crippen LogP contribution in [0, 0.1) is 11.8 Å². The lowest BCUT2D eigenvalue weighted by atomic mass is 9.62. The van der Waals surface area contributed by atoms with Gasteiger partial charge in [0.25, 0.3) is 0 Å². The molecule has 0 spiro atoms. The maximum Gasteiger partial charge on any atom is 0.0454 e. The van der Waals surface area contributed by atoms with Crippen molar-refractivity contribution in [1.82, 2.24) is 0 Å². The molecule has 0 heteroatoms. The highest BCUT2D eigenvalue weighted by molar-refractivity contribution is 5.51. The molecule has 0 unspecified atom stereocenters. The molecule has 0 amide bonds. The average molecular weight is 423 g/mol. The lowest BCUT2D eigenvalue weighted by Crippen LogP contribution is -2.34. The topological polar surface area (TPSA) is 0 Å². The first-order valence-electron chi connectivity index (χ1n) is 13.0. The summed E-state index contributed by atoms with van der Waals surface area (Å²) >= 11 is 0. The molecule has 2 aliphatic carbocycles. The third-order valence-corrected chi connectivity index (χ3v) is 8.30. The van der Waals surface area contributed by atoms with E-state index in [9.17, 15) is 0 Å². The second-order valence-corrected chi connectivity index (χ2v) is 10.4. The molecule has 0 nitrogen and oxygen atoms in total. The van der Waals surface area contributed by atoms with Gasteiger partial charge in [0.15, 0.2) is 0 Å². The van der Waals surface area contributed by atoms with Crippen LogP contribution >= 0.6 is 0 Å². The minimum atomic E-state index is -0.0611. The molecule has 5 rings (SSSR count). The molecular weight excluding hydrogens is 384 g/mol. The SMILES string of the molecule is c1ccc(C(CC2CCC2)(c2ccccc2)c2ccc(CC3CCCCCC3)cc2)cc1. The van der Waals surface area contributed by atoms with Crippen molar-refractivity contribution in [3.8, 4) is 0 Å². The van der Waals surface area contributed by atoms with E-state index in [1.54, 1.807) is 0 Å². The van der Waals surface area contributed by atoms with Gasteiger partial charge in [-0.25, -0.2) is 0 Å². The van der Waals surface area contributed by atoms with E-state index in [1.165, 1.54) is 92.9 Å². The van der Waals surface area contributed by atoms with Crippen molar-refractivity contribution in [3.63, 3.8) is 0 Å². The number of rotatable bonds is 7. The van der Waals surface area contributed by atoms with E-state index in [4.69, 9.17) is 0 Å². The van der Waals surface area contributed by atoms with Crippen LogP contribution in [-0.4, -0.2) is 0 Å². The van der Waals surface area contributed by atoms with Crippen LogP contribution in [0.3, 0.4) is 0 Å². The minimum absolute atomic E-state index is 0.0611. The summed E-state index contributed by atoms with van der Waals surface area (Å²) in [7, 11) is 0. The van der Waals surface area contributed by atoms with Gasteiger partial charge in [0.1, 0.15) is 0 Å². The van der Waals surface area contributed by atoms with Crippen LogP contribution < -0.4 is 0 Å². The van der Waals surface area contributed by atoms with Gasteiger partial charge in [0, 0.05) is 5.41 Å². The summed E-state index contributed by atoms with van der Waals surface area (Å²) in [5.74, 6) is 1.70. The molecule has 3 aromatic rings. The Hall–Kier alpha value is -2.34. The highest BCUT2D eigenvalue weighted by Gasteiger charge is 2.39. The zero-order valence-corrected chi connectivity index (χ0v) is 19.5. The Morgan fingerprint density at radius 2 is 1.00 bits per heavy atom. The van der Waals surface area contributed by atoms with Gasteiger partial charge < -0.3 is 0 Å². The maximum absolute atomic E-state index is 2.46. The second-order valence-electron chi connectivity index (χ2n) is 10.4. The third-order valence-electron chi connectivity index (χ3n) is 8.30. The summed E-state index contributed by atoms with van der Waals surface area (Å²) < 4.78 is 0. The van der Waals surface area contributed by atoms with Crippen molar-refractivity contribution in [2.75, 3.05) is 0 Å². The van der Waals surface area contributed by atoms with Crippen LogP contribution in [0.5, 0.6) is 0 Å².